The summed E-state index contributed by atoms with van der Waals surface area (Å²) in [7, 11) is 0. The minimum Gasteiger partial charge on any atom is -0.434 e. The Morgan fingerprint density at radius 2 is 0.900 bits per heavy atom. The zero-order chi connectivity index (χ0) is 19.9. The van der Waals surface area contributed by atoms with Gasteiger partial charge in [-0.2, -0.15) is 4.98 Å². The van der Waals surface area contributed by atoms with Crippen LogP contribution in [0.4, 0.5) is 0 Å². The Hall–Kier alpha value is -4.39. The molecule has 0 amide bonds. The molecule has 3 aromatic carbocycles. The smallest absolute Gasteiger partial charge is 0.266 e. The van der Waals surface area contributed by atoms with Crippen LogP contribution in [0.2, 0.25) is 0 Å². The predicted octanol–water partition coefficient (Wildman–Crippen LogP) is 5.16. The molecule has 7 heteroatoms. The average Bonchev–Trinajstić information content (AvgIpc) is 3.44. The van der Waals surface area contributed by atoms with Gasteiger partial charge in [0.05, 0.1) is 0 Å². The van der Waals surface area contributed by atoms with Crippen molar-refractivity contribution in [1.29, 1.82) is 0 Å². The molecule has 0 radical (unpaired) electrons. The largest absolute Gasteiger partial charge is 0.434 e. The summed E-state index contributed by atoms with van der Waals surface area (Å²) in [5.74, 6) is 1.75. The van der Waals surface area contributed by atoms with Crippen LogP contribution in [0, 0.1) is 0 Å². The maximum Gasteiger partial charge on any atom is 0.266 e. The van der Waals surface area contributed by atoms with Crippen LogP contribution in [0.15, 0.2) is 87.7 Å². The van der Waals surface area contributed by atoms with Crippen molar-refractivity contribution in [3.05, 3.63) is 78.9 Å². The van der Waals surface area contributed by atoms with Crippen LogP contribution in [0.1, 0.15) is 0 Å². The van der Waals surface area contributed by atoms with Crippen LogP contribution in [-0.4, -0.2) is 24.9 Å². The van der Waals surface area contributed by atoms with Gasteiger partial charge in [-0.3, -0.25) is 0 Å². The first-order valence-corrected chi connectivity index (χ1v) is 9.37. The van der Waals surface area contributed by atoms with Crippen molar-refractivity contribution >= 4 is 22.2 Å². The zero-order valence-corrected chi connectivity index (χ0v) is 15.6. The molecule has 0 aliphatic heterocycles. The monoisotopic (exact) mass is 391 g/mol. The molecule has 0 saturated heterocycles. The molecule has 0 aliphatic carbocycles. The van der Waals surface area contributed by atoms with Crippen LogP contribution in [0.3, 0.4) is 0 Å². The van der Waals surface area contributed by atoms with E-state index in [9.17, 15) is 0 Å². The lowest BCUT2D eigenvalue weighted by Crippen LogP contribution is -2.00. The molecule has 3 aromatic heterocycles. The van der Waals surface area contributed by atoms with Crippen molar-refractivity contribution in [1.82, 2.24) is 24.9 Å². The van der Waals surface area contributed by atoms with Gasteiger partial charge in [-0.1, -0.05) is 54.6 Å². The van der Waals surface area contributed by atoms with Gasteiger partial charge in [0.25, 0.3) is 11.8 Å². The number of benzene rings is 3. The van der Waals surface area contributed by atoms with Crippen molar-refractivity contribution in [2.75, 3.05) is 0 Å². The fourth-order valence-electron chi connectivity index (χ4n) is 3.22. The van der Waals surface area contributed by atoms with Crippen molar-refractivity contribution in [2.45, 2.75) is 0 Å². The minimum absolute atomic E-state index is 0.313. The second-order valence-corrected chi connectivity index (χ2v) is 6.65. The summed E-state index contributed by atoms with van der Waals surface area (Å²) in [6, 6.07) is 24.7. The molecule has 0 saturated carbocycles. The van der Waals surface area contributed by atoms with Crippen molar-refractivity contribution in [2.24, 2.45) is 0 Å². The molecule has 0 aliphatic rings. The fourth-order valence-corrected chi connectivity index (χ4v) is 3.22. The first-order valence-electron chi connectivity index (χ1n) is 9.37. The lowest BCUT2D eigenvalue weighted by molar-refractivity contribution is 0.605. The molecule has 142 valence electrons. The number of aromatic nitrogens is 5. The second-order valence-electron chi connectivity index (χ2n) is 6.65. The lowest BCUT2D eigenvalue weighted by atomic mass is 10.2. The van der Waals surface area contributed by atoms with Crippen LogP contribution >= 0.6 is 0 Å². The van der Waals surface area contributed by atoms with E-state index in [0.29, 0.717) is 40.4 Å². The van der Waals surface area contributed by atoms with Gasteiger partial charge >= 0.3 is 0 Å². The summed E-state index contributed by atoms with van der Waals surface area (Å²) in [6.07, 6.45) is 0. The zero-order valence-electron chi connectivity index (χ0n) is 15.6. The topological polar surface area (TPSA) is 90.7 Å². The second kappa shape index (κ2) is 6.59. The predicted molar refractivity (Wildman–Crippen MR) is 111 cm³/mol. The first-order chi connectivity index (χ1) is 14.8. The number of nitrogens with zero attached hydrogens (tertiary/aromatic N) is 5. The van der Waals surface area contributed by atoms with Crippen molar-refractivity contribution in [3.8, 4) is 34.8 Å². The van der Waals surface area contributed by atoms with E-state index < -0.39 is 0 Å². The maximum atomic E-state index is 5.88. The molecule has 0 N–H and O–H groups in total. The van der Waals surface area contributed by atoms with Gasteiger partial charge in [0.15, 0.2) is 17.0 Å². The van der Waals surface area contributed by atoms with Gasteiger partial charge in [0.2, 0.25) is 11.6 Å². The number of oxazole rings is 2. The highest BCUT2D eigenvalue weighted by Crippen LogP contribution is 2.27. The summed E-state index contributed by atoms with van der Waals surface area (Å²) in [6.45, 7) is 0. The number of para-hydroxylation sites is 4. The van der Waals surface area contributed by atoms with Gasteiger partial charge in [0, 0.05) is 5.56 Å². The highest BCUT2D eigenvalue weighted by atomic mass is 16.4. The van der Waals surface area contributed by atoms with E-state index in [1.165, 1.54) is 0 Å². The molecule has 0 unspecified atom stereocenters. The quantitative estimate of drug-likeness (QED) is 0.412. The maximum absolute atomic E-state index is 5.88. The number of fused-ring (bicyclic) bond motifs is 2. The van der Waals surface area contributed by atoms with E-state index in [1.807, 2.05) is 78.9 Å². The van der Waals surface area contributed by atoms with E-state index in [2.05, 4.69) is 24.9 Å². The van der Waals surface area contributed by atoms with Gasteiger partial charge in [-0.05, 0) is 24.3 Å². The van der Waals surface area contributed by atoms with E-state index >= 15 is 0 Å². The normalized spacial score (nSPS) is 11.3. The summed E-state index contributed by atoms with van der Waals surface area (Å²) in [5.41, 5.74) is 3.64. The molecular formula is C23H13N5O2. The molecule has 6 aromatic rings. The highest BCUT2D eigenvalue weighted by molar-refractivity contribution is 5.76. The SMILES string of the molecule is c1ccc(-c2nc(-c3nc4ccccc4o3)nc(-c3nc4ccccc4o3)n2)cc1. The van der Waals surface area contributed by atoms with Crippen LogP contribution in [0.5, 0.6) is 0 Å². The lowest BCUT2D eigenvalue weighted by Gasteiger charge is -2.03. The van der Waals surface area contributed by atoms with Gasteiger partial charge in [0.1, 0.15) is 11.0 Å². The molecule has 0 spiro atoms. The minimum atomic E-state index is 0.313. The Morgan fingerprint density at radius 3 is 1.43 bits per heavy atom. The van der Waals surface area contributed by atoms with Gasteiger partial charge < -0.3 is 8.83 Å². The summed E-state index contributed by atoms with van der Waals surface area (Å²) in [4.78, 5) is 22.8. The number of rotatable bonds is 3. The third-order valence-electron chi connectivity index (χ3n) is 4.64. The summed E-state index contributed by atoms with van der Waals surface area (Å²) >= 11 is 0. The molecule has 7 nitrogen and oxygen atoms in total. The molecule has 30 heavy (non-hydrogen) atoms. The Balaban J connectivity index is 1.57. The number of hydrogen-bond acceptors (Lipinski definition) is 7. The fraction of sp³-hybridized carbons (Fsp3) is 0. The standard InChI is InChI=1S/C23H13N5O2/c1-2-8-14(9-3-1)19-26-20(22-24-15-10-4-6-12-17(15)29-22)28-21(27-19)23-25-16-11-5-7-13-18(16)30-23/h1-13H. The Bertz CT molecular complexity index is 1350. The highest BCUT2D eigenvalue weighted by Gasteiger charge is 2.19. The molecule has 0 bridgehead atoms. The Labute approximate surface area is 170 Å². The van der Waals surface area contributed by atoms with Crippen LogP contribution in [0.25, 0.3) is 57.0 Å². The molecular weight excluding hydrogens is 378 g/mol. The van der Waals surface area contributed by atoms with Crippen molar-refractivity contribution in [3.63, 3.8) is 0 Å². The summed E-state index contributed by atoms with van der Waals surface area (Å²) < 4.78 is 11.8. The van der Waals surface area contributed by atoms with Gasteiger partial charge in [-0.15, -0.1) is 0 Å². The Kier molecular flexibility index (Phi) is 3.64. The van der Waals surface area contributed by atoms with Crippen molar-refractivity contribution < 1.29 is 8.83 Å². The Morgan fingerprint density at radius 1 is 0.433 bits per heavy atom. The van der Waals surface area contributed by atoms with E-state index in [-0.39, 0.29) is 0 Å². The molecule has 3 heterocycles. The first kappa shape index (κ1) is 16.6. The number of hydrogen-bond donors (Lipinski definition) is 0. The third kappa shape index (κ3) is 2.80. The van der Waals surface area contributed by atoms with E-state index in [4.69, 9.17) is 8.83 Å². The van der Waals surface area contributed by atoms with Crippen LogP contribution < -0.4 is 0 Å². The van der Waals surface area contributed by atoms with E-state index in [1.54, 1.807) is 0 Å². The molecule has 0 fully saturated rings. The van der Waals surface area contributed by atoms with Crippen LogP contribution in [-0.2, 0) is 0 Å². The third-order valence-corrected chi connectivity index (χ3v) is 4.64. The van der Waals surface area contributed by atoms with Gasteiger partial charge in [-0.25, -0.2) is 19.9 Å². The molecule has 6 rings (SSSR count). The summed E-state index contributed by atoms with van der Waals surface area (Å²) in [5, 5.41) is 0. The average molecular weight is 391 g/mol. The molecule has 0 atom stereocenters. The van der Waals surface area contributed by atoms with E-state index in [0.717, 1.165) is 16.6 Å².